The summed E-state index contributed by atoms with van der Waals surface area (Å²) in [6, 6.07) is 10.8. The van der Waals surface area contributed by atoms with Crippen LogP contribution in [0.4, 0.5) is 16.2 Å². The van der Waals surface area contributed by atoms with Crippen LogP contribution in [-0.4, -0.2) is 18.1 Å². The summed E-state index contributed by atoms with van der Waals surface area (Å²) in [7, 11) is 1.71. The Bertz CT molecular complexity index is 583. The number of nitrogens with one attached hydrogen (secondary N) is 1. The number of hydrogen-bond acceptors (Lipinski definition) is 3. The number of pyridine rings is 1. The van der Waals surface area contributed by atoms with Gasteiger partial charge in [-0.2, -0.15) is 0 Å². The standard InChI is InChI=1S/C15H18N4O/c1-11(16)12-4-3-5-13(10-12)18-15(20)19(2)14-6-8-17-9-7-14/h3-11H,16H2,1-2H3,(H,18,20). The lowest BCUT2D eigenvalue weighted by molar-refractivity contribution is 0.258. The Morgan fingerprint density at radius 2 is 2.00 bits per heavy atom. The van der Waals surface area contributed by atoms with E-state index in [0.717, 1.165) is 16.9 Å². The number of rotatable bonds is 3. The van der Waals surface area contributed by atoms with Gasteiger partial charge in [0.2, 0.25) is 0 Å². The van der Waals surface area contributed by atoms with Crippen LogP contribution in [0.15, 0.2) is 48.8 Å². The SMILES string of the molecule is CC(N)c1cccc(NC(=O)N(C)c2ccncc2)c1. The van der Waals surface area contributed by atoms with Crippen LogP contribution < -0.4 is 16.0 Å². The normalized spacial score (nSPS) is 11.8. The summed E-state index contributed by atoms with van der Waals surface area (Å²) >= 11 is 0. The fourth-order valence-corrected chi connectivity index (χ4v) is 1.79. The van der Waals surface area contributed by atoms with Crippen molar-refractivity contribution in [2.45, 2.75) is 13.0 Å². The molecule has 5 nitrogen and oxygen atoms in total. The summed E-state index contributed by atoms with van der Waals surface area (Å²) in [6.07, 6.45) is 3.30. The molecule has 0 aliphatic carbocycles. The van der Waals surface area contributed by atoms with Gasteiger partial charge in [0.1, 0.15) is 0 Å². The largest absolute Gasteiger partial charge is 0.326 e. The molecule has 2 amide bonds. The number of aromatic nitrogens is 1. The second-order valence-electron chi connectivity index (χ2n) is 4.61. The molecule has 1 heterocycles. The number of nitrogens with two attached hydrogens (primary N) is 1. The topological polar surface area (TPSA) is 71.2 Å². The first-order valence-electron chi connectivity index (χ1n) is 6.38. The number of carbonyl (C=O) groups is 1. The Morgan fingerprint density at radius 1 is 1.30 bits per heavy atom. The quantitative estimate of drug-likeness (QED) is 0.900. The van der Waals surface area contributed by atoms with E-state index in [1.165, 1.54) is 4.90 Å². The minimum atomic E-state index is -0.210. The van der Waals surface area contributed by atoms with Gasteiger partial charge in [0, 0.05) is 36.9 Å². The lowest BCUT2D eigenvalue weighted by Gasteiger charge is -2.18. The number of hydrogen-bond donors (Lipinski definition) is 2. The third-order valence-electron chi connectivity index (χ3n) is 3.02. The molecule has 0 aliphatic rings. The molecular weight excluding hydrogens is 252 g/mol. The van der Waals surface area contributed by atoms with Crippen LogP contribution >= 0.6 is 0 Å². The molecule has 0 radical (unpaired) electrons. The zero-order chi connectivity index (χ0) is 14.5. The summed E-state index contributed by atoms with van der Waals surface area (Å²) in [4.78, 5) is 17.6. The van der Waals surface area contributed by atoms with E-state index in [1.807, 2.05) is 31.2 Å². The molecular formula is C15H18N4O. The highest BCUT2D eigenvalue weighted by Gasteiger charge is 2.11. The summed E-state index contributed by atoms with van der Waals surface area (Å²) < 4.78 is 0. The average molecular weight is 270 g/mol. The summed E-state index contributed by atoms with van der Waals surface area (Å²) in [6.45, 7) is 1.91. The Labute approximate surface area is 118 Å². The first kappa shape index (κ1) is 14.0. The molecule has 0 spiro atoms. The number of carbonyl (C=O) groups excluding carboxylic acids is 1. The maximum atomic E-state index is 12.2. The Kier molecular flexibility index (Phi) is 4.32. The summed E-state index contributed by atoms with van der Waals surface area (Å²) in [5.41, 5.74) is 8.32. The van der Waals surface area contributed by atoms with Crippen molar-refractivity contribution in [3.05, 3.63) is 54.4 Å². The lowest BCUT2D eigenvalue weighted by Crippen LogP contribution is -2.31. The first-order valence-corrected chi connectivity index (χ1v) is 6.38. The monoisotopic (exact) mass is 270 g/mol. The maximum absolute atomic E-state index is 12.2. The minimum absolute atomic E-state index is 0.0650. The van der Waals surface area contributed by atoms with Crippen molar-refractivity contribution in [3.63, 3.8) is 0 Å². The van der Waals surface area contributed by atoms with Gasteiger partial charge in [0.05, 0.1) is 0 Å². The van der Waals surface area contributed by atoms with Crippen LogP contribution in [0.25, 0.3) is 0 Å². The molecule has 1 unspecified atom stereocenters. The highest BCUT2D eigenvalue weighted by Crippen LogP contribution is 2.17. The maximum Gasteiger partial charge on any atom is 0.326 e. The van der Waals surface area contributed by atoms with Crippen molar-refractivity contribution < 1.29 is 4.79 Å². The van der Waals surface area contributed by atoms with E-state index in [-0.39, 0.29) is 12.1 Å². The predicted octanol–water partition coefficient (Wildman–Crippen LogP) is 2.77. The fraction of sp³-hybridized carbons (Fsp3) is 0.200. The van der Waals surface area contributed by atoms with E-state index in [2.05, 4.69) is 10.3 Å². The number of amides is 2. The lowest BCUT2D eigenvalue weighted by atomic mass is 10.1. The van der Waals surface area contributed by atoms with Crippen LogP contribution in [0.1, 0.15) is 18.5 Å². The molecule has 1 atom stereocenters. The van der Waals surface area contributed by atoms with E-state index < -0.39 is 0 Å². The number of benzene rings is 1. The Morgan fingerprint density at radius 3 is 2.65 bits per heavy atom. The highest BCUT2D eigenvalue weighted by molar-refractivity contribution is 6.01. The van der Waals surface area contributed by atoms with Crippen molar-refractivity contribution in [1.29, 1.82) is 0 Å². The smallest absolute Gasteiger partial charge is 0.324 e. The van der Waals surface area contributed by atoms with Crippen molar-refractivity contribution in [2.75, 3.05) is 17.3 Å². The van der Waals surface area contributed by atoms with Crippen LogP contribution in [0.3, 0.4) is 0 Å². The van der Waals surface area contributed by atoms with Crippen LogP contribution in [0.5, 0.6) is 0 Å². The molecule has 2 aromatic rings. The van der Waals surface area contributed by atoms with Gasteiger partial charge in [-0.3, -0.25) is 9.88 Å². The van der Waals surface area contributed by atoms with Gasteiger partial charge < -0.3 is 11.1 Å². The molecule has 0 saturated heterocycles. The molecule has 0 aliphatic heterocycles. The molecule has 20 heavy (non-hydrogen) atoms. The molecule has 2 rings (SSSR count). The first-order chi connectivity index (χ1) is 9.58. The van der Waals surface area contributed by atoms with Crippen LogP contribution in [0, 0.1) is 0 Å². The van der Waals surface area contributed by atoms with E-state index in [9.17, 15) is 4.79 Å². The van der Waals surface area contributed by atoms with Crippen LogP contribution in [0.2, 0.25) is 0 Å². The van der Waals surface area contributed by atoms with Gasteiger partial charge in [-0.25, -0.2) is 4.79 Å². The van der Waals surface area contributed by atoms with Crippen molar-refractivity contribution in [2.24, 2.45) is 5.73 Å². The molecule has 1 aromatic heterocycles. The molecule has 3 N–H and O–H groups in total. The van der Waals surface area contributed by atoms with Gasteiger partial charge in [-0.05, 0) is 36.8 Å². The van der Waals surface area contributed by atoms with E-state index in [4.69, 9.17) is 5.73 Å². The minimum Gasteiger partial charge on any atom is -0.324 e. The molecule has 0 saturated carbocycles. The van der Waals surface area contributed by atoms with Gasteiger partial charge in [-0.15, -0.1) is 0 Å². The Hall–Kier alpha value is -2.40. The molecule has 0 fully saturated rings. The van der Waals surface area contributed by atoms with Crippen molar-refractivity contribution in [3.8, 4) is 0 Å². The zero-order valence-electron chi connectivity index (χ0n) is 11.6. The predicted molar refractivity (Wildman–Crippen MR) is 80.7 cm³/mol. The molecule has 5 heteroatoms. The number of urea groups is 1. The van der Waals surface area contributed by atoms with Gasteiger partial charge in [0.25, 0.3) is 0 Å². The Balaban J connectivity index is 2.10. The molecule has 0 bridgehead atoms. The third-order valence-corrected chi connectivity index (χ3v) is 3.02. The van der Waals surface area contributed by atoms with E-state index in [0.29, 0.717) is 0 Å². The summed E-state index contributed by atoms with van der Waals surface area (Å²) in [5, 5.41) is 2.85. The van der Waals surface area contributed by atoms with Gasteiger partial charge in [0.15, 0.2) is 0 Å². The number of nitrogens with zero attached hydrogens (tertiary/aromatic N) is 2. The van der Waals surface area contributed by atoms with Crippen LogP contribution in [-0.2, 0) is 0 Å². The summed E-state index contributed by atoms with van der Waals surface area (Å²) in [5.74, 6) is 0. The average Bonchev–Trinajstić information content (AvgIpc) is 2.47. The molecule has 104 valence electrons. The van der Waals surface area contributed by atoms with Gasteiger partial charge in [-0.1, -0.05) is 12.1 Å². The van der Waals surface area contributed by atoms with Gasteiger partial charge >= 0.3 is 6.03 Å². The van der Waals surface area contributed by atoms with E-state index in [1.54, 1.807) is 31.6 Å². The van der Waals surface area contributed by atoms with Crippen molar-refractivity contribution in [1.82, 2.24) is 4.98 Å². The van der Waals surface area contributed by atoms with Crippen molar-refractivity contribution >= 4 is 17.4 Å². The second kappa shape index (κ2) is 6.16. The second-order valence-corrected chi connectivity index (χ2v) is 4.61. The van der Waals surface area contributed by atoms with E-state index >= 15 is 0 Å². The number of anilines is 2. The third kappa shape index (κ3) is 3.33. The fourth-order valence-electron chi connectivity index (χ4n) is 1.79. The zero-order valence-corrected chi connectivity index (χ0v) is 11.6. The highest BCUT2D eigenvalue weighted by atomic mass is 16.2. The molecule has 1 aromatic carbocycles.